The molecule has 0 aromatic rings. The molecule has 1 atom stereocenters. The molecule has 0 amide bonds. The van der Waals surface area contributed by atoms with E-state index in [2.05, 4.69) is 29.0 Å². The van der Waals surface area contributed by atoms with Gasteiger partial charge in [0.2, 0.25) is 0 Å². The van der Waals surface area contributed by atoms with Crippen molar-refractivity contribution in [3.63, 3.8) is 0 Å². The average Bonchev–Trinajstić information content (AvgIpc) is 2.90. The van der Waals surface area contributed by atoms with Crippen LogP contribution in [-0.2, 0) is 4.74 Å². The zero-order valence-corrected chi connectivity index (χ0v) is 12.7. The lowest BCUT2D eigenvalue weighted by atomic mass is 10.1. The van der Waals surface area contributed by atoms with Crippen LogP contribution >= 0.6 is 0 Å². The third-order valence-electron chi connectivity index (χ3n) is 4.66. The van der Waals surface area contributed by atoms with E-state index in [0.29, 0.717) is 6.04 Å². The molecule has 112 valence electrons. The van der Waals surface area contributed by atoms with Crippen LogP contribution in [0.3, 0.4) is 0 Å². The van der Waals surface area contributed by atoms with Crippen molar-refractivity contribution in [2.24, 2.45) is 0 Å². The maximum absolute atomic E-state index is 5.39. The number of likely N-dealkylation sites (tertiary alicyclic amines) is 1. The summed E-state index contributed by atoms with van der Waals surface area (Å²) in [6.45, 7) is 13.7. The van der Waals surface area contributed by atoms with Gasteiger partial charge in [0.05, 0.1) is 0 Å². The van der Waals surface area contributed by atoms with Gasteiger partial charge in [-0.3, -0.25) is 4.90 Å². The Bertz CT molecular complexity index is 240. The van der Waals surface area contributed by atoms with Gasteiger partial charge in [-0.25, -0.2) is 0 Å². The quantitative estimate of drug-likeness (QED) is 0.751. The Morgan fingerprint density at radius 3 is 2.58 bits per heavy atom. The first-order valence-corrected chi connectivity index (χ1v) is 8.11. The highest BCUT2D eigenvalue weighted by molar-refractivity contribution is 4.83. The lowest BCUT2D eigenvalue weighted by molar-refractivity contribution is 0.0774. The van der Waals surface area contributed by atoms with E-state index >= 15 is 0 Å². The first kappa shape index (κ1) is 15.2. The summed E-state index contributed by atoms with van der Waals surface area (Å²) in [4.78, 5) is 5.22. The summed E-state index contributed by atoms with van der Waals surface area (Å²) in [6.07, 6.45) is 3.71. The number of hydrogen-bond acceptors (Lipinski definition) is 4. The van der Waals surface area contributed by atoms with Gasteiger partial charge in [0, 0.05) is 44.9 Å². The SMILES string of the molecule is CCN(CC)C1CCN(CCNC2CCOCC2)C1. The van der Waals surface area contributed by atoms with Crippen molar-refractivity contribution in [1.29, 1.82) is 0 Å². The maximum atomic E-state index is 5.39. The van der Waals surface area contributed by atoms with Gasteiger partial charge in [0.1, 0.15) is 0 Å². The highest BCUT2D eigenvalue weighted by Gasteiger charge is 2.25. The van der Waals surface area contributed by atoms with Gasteiger partial charge in [-0.2, -0.15) is 0 Å². The van der Waals surface area contributed by atoms with Crippen molar-refractivity contribution < 1.29 is 4.74 Å². The minimum atomic E-state index is 0.690. The number of rotatable bonds is 7. The lowest BCUT2D eigenvalue weighted by Crippen LogP contribution is -2.41. The molecule has 4 heteroatoms. The highest BCUT2D eigenvalue weighted by atomic mass is 16.5. The molecule has 2 heterocycles. The molecule has 1 N–H and O–H groups in total. The standard InChI is InChI=1S/C15H31N3O/c1-3-18(4-2)15-5-9-17(13-15)10-8-16-14-6-11-19-12-7-14/h14-16H,3-13H2,1-2H3. The van der Waals surface area contributed by atoms with E-state index < -0.39 is 0 Å². The second-order valence-corrected chi connectivity index (χ2v) is 5.81. The molecule has 2 rings (SSSR count). The number of likely N-dealkylation sites (N-methyl/N-ethyl adjacent to an activating group) is 1. The van der Waals surface area contributed by atoms with Crippen molar-refractivity contribution in [1.82, 2.24) is 15.1 Å². The van der Waals surface area contributed by atoms with E-state index in [1.807, 2.05) is 0 Å². The zero-order valence-electron chi connectivity index (χ0n) is 12.7. The Kier molecular flexibility index (Phi) is 6.57. The molecule has 2 aliphatic rings. The van der Waals surface area contributed by atoms with Crippen LogP contribution in [0.5, 0.6) is 0 Å². The van der Waals surface area contributed by atoms with E-state index in [1.165, 1.54) is 52.0 Å². The predicted molar refractivity (Wildman–Crippen MR) is 79.6 cm³/mol. The smallest absolute Gasteiger partial charge is 0.0480 e. The molecule has 0 spiro atoms. The van der Waals surface area contributed by atoms with Crippen molar-refractivity contribution in [2.75, 3.05) is 52.5 Å². The topological polar surface area (TPSA) is 27.7 Å². The summed E-state index contributed by atoms with van der Waals surface area (Å²) >= 11 is 0. The molecule has 4 nitrogen and oxygen atoms in total. The molecular weight excluding hydrogens is 238 g/mol. The van der Waals surface area contributed by atoms with Crippen LogP contribution in [0.15, 0.2) is 0 Å². The van der Waals surface area contributed by atoms with Gasteiger partial charge in [-0.15, -0.1) is 0 Å². The predicted octanol–water partition coefficient (Wildman–Crippen LogP) is 1.17. The Morgan fingerprint density at radius 1 is 1.16 bits per heavy atom. The second kappa shape index (κ2) is 8.20. The molecule has 2 saturated heterocycles. The molecule has 2 aliphatic heterocycles. The lowest BCUT2D eigenvalue weighted by Gasteiger charge is -2.27. The number of nitrogens with one attached hydrogen (secondary N) is 1. The van der Waals surface area contributed by atoms with Crippen LogP contribution in [0.2, 0.25) is 0 Å². The maximum Gasteiger partial charge on any atom is 0.0480 e. The fourth-order valence-electron chi connectivity index (χ4n) is 3.38. The van der Waals surface area contributed by atoms with Crippen LogP contribution in [0.1, 0.15) is 33.1 Å². The third-order valence-corrected chi connectivity index (χ3v) is 4.66. The largest absolute Gasteiger partial charge is 0.381 e. The molecule has 0 aliphatic carbocycles. The van der Waals surface area contributed by atoms with Gasteiger partial charge in [-0.1, -0.05) is 13.8 Å². The first-order chi connectivity index (χ1) is 9.33. The normalized spacial score (nSPS) is 26.4. The molecule has 0 saturated carbocycles. The zero-order chi connectivity index (χ0) is 13.5. The summed E-state index contributed by atoms with van der Waals surface area (Å²) in [5.41, 5.74) is 0. The van der Waals surface area contributed by atoms with Gasteiger partial charge in [-0.05, 0) is 38.9 Å². The number of ether oxygens (including phenoxy) is 1. The molecule has 2 fully saturated rings. The van der Waals surface area contributed by atoms with Crippen molar-refractivity contribution in [3.8, 4) is 0 Å². The molecule has 0 bridgehead atoms. The summed E-state index contributed by atoms with van der Waals surface area (Å²) in [5, 5.41) is 3.69. The fourth-order valence-corrected chi connectivity index (χ4v) is 3.38. The van der Waals surface area contributed by atoms with Crippen molar-refractivity contribution in [3.05, 3.63) is 0 Å². The Labute approximate surface area is 118 Å². The number of hydrogen-bond donors (Lipinski definition) is 1. The van der Waals surface area contributed by atoms with E-state index in [9.17, 15) is 0 Å². The molecule has 0 aromatic heterocycles. The Hall–Kier alpha value is -0.160. The van der Waals surface area contributed by atoms with E-state index in [4.69, 9.17) is 4.74 Å². The molecule has 1 unspecified atom stereocenters. The summed E-state index contributed by atoms with van der Waals surface area (Å²) in [6, 6.07) is 1.48. The minimum absolute atomic E-state index is 0.690. The molecule has 0 aromatic carbocycles. The monoisotopic (exact) mass is 269 g/mol. The Balaban J connectivity index is 1.59. The third kappa shape index (κ3) is 4.71. The van der Waals surface area contributed by atoms with Crippen molar-refractivity contribution in [2.45, 2.75) is 45.2 Å². The van der Waals surface area contributed by atoms with Crippen LogP contribution in [0.25, 0.3) is 0 Å². The molecular formula is C15H31N3O. The average molecular weight is 269 g/mol. The van der Waals surface area contributed by atoms with Crippen LogP contribution in [0.4, 0.5) is 0 Å². The van der Waals surface area contributed by atoms with Gasteiger partial charge < -0.3 is 15.0 Å². The summed E-state index contributed by atoms with van der Waals surface area (Å²) in [7, 11) is 0. The number of nitrogens with zero attached hydrogens (tertiary/aromatic N) is 2. The van der Waals surface area contributed by atoms with E-state index in [0.717, 1.165) is 25.8 Å². The summed E-state index contributed by atoms with van der Waals surface area (Å²) in [5.74, 6) is 0. The molecule has 19 heavy (non-hydrogen) atoms. The van der Waals surface area contributed by atoms with Gasteiger partial charge in [0.25, 0.3) is 0 Å². The van der Waals surface area contributed by atoms with E-state index in [-0.39, 0.29) is 0 Å². The van der Waals surface area contributed by atoms with Gasteiger partial charge in [0.15, 0.2) is 0 Å². The van der Waals surface area contributed by atoms with E-state index in [1.54, 1.807) is 0 Å². The van der Waals surface area contributed by atoms with Crippen LogP contribution < -0.4 is 5.32 Å². The Morgan fingerprint density at radius 2 is 1.89 bits per heavy atom. The molecule has 0 radical (unpaired) electrons. The highest BCUT2D eigenvalue weighted by Crippen LogP contribution is 2.14. The first-order valence-electron chi connectivity index (χ1n) is 8.11. The van der Waals surface area contributed by atoms with Crippen LogP contribution in [-0.4, -0.2) is 74.4 Å². The minimum Gasteiger partial charge on any atom is -0.381 e. The van der Waals surface area contributed by atoms with Gasteiger partial charge >= 0.3 is 0 Å². The van der Waals surface area contributed by atoms with Crippen LogP contribution in [0, 0.1) is 0 Å². The second-order valence-electron chi connectivity index (χ2n) is 5.81. The fraction of sp³-hybridized carbons (Fsp3) is 1.00. The summed E-state index contributed by atoms with van der Waals surface area (Å²) < 4.78 is 5.39. The van der Waals surface area contributed by atoms with Crippen molar-refractivity contribution >= 4 is 0 Å².